The molecular weight excluding hydrogens is 295 g/mol. The van der Waals surface area contributed by atoms with E-state index in [1.807, 2.05) is 12.1 Å². The van der Waals surface area contributed by atoms with Crippen molar-refractivity contribution in [2.45, 2.75) is 6.54 Å². The largest absolute Gasteiger partial charge is 0.437 e. The number of pyridine rings is 1. The van der Waals surface area contributed by atoms with Gasteiger partial charge in [-0.25, -0.2) is 9.37 Å². The molecule has 0 saturated heterocycles. The lowest BCUT2D eigenvalue weighted by atomic mass is 10.2. The zero-order chi connectivity index (χ0) is 15.1. The highest BCUT2D eigenvalue weighted by Gasteiger charge is 2.09. The molecule has 4 nitrogen and oxygen atoms in total. The number of methoxy groups -OCH3 is 1. The third-order valence-corrected chi connectivity index (χ3v) is 3.04. The number of rotatable bonds is 7. The van der Waals surface area contributed by atoms with Crippen LogP contribution in [0.3, 0.4) is 0 Å². The van der Waals surface area contributed by atoms with Crippen molar-refractivity contribution in [1.82, 2.24) is 10.3 Å². The molecule has 2 aromatic rings. The molecule has 2 rings (SSSR count). The summed E-state index contributed by atoms with van der Waals surface area (Å²) in [7, 11) is 1.65. The van der Waals surface area contributed by atoms with E-state index in [0.717, 1.165) is 12.1 Å². The van der Waals surface area contributed by atoms with E-state index in [2.05, 4.69) is 10.3 Å². The van der Waals surface area contributed by atoms with E-state index in [0.29, 0.717) is 24.8 Å². The Labute approximate surface area is 127 Å². The van der Waals surface area contributed by atoms with Crippen molar-refractivity contribution < 1.29 is 13.9 Å². The van der Waals surface area contributed by atoms with Gasteiger partial charge in [0, 0.05) is 32.0 Å². The molecule has 0 amide bonds. The summed E-state index contributed by atoms with van der Waals surface area (Å²) < 4.78 is 23.7. The van der Waals surface area contributed by atoms with Crippen molar-refractivity contribution in [1.29, 1.82) is 0 Å². The van der Waals surface area contributed by atoms with Crippen LogP contribution in [0.5, 0.6) is 11.6 Å². The average molecular weight is 311 g/mol. The monoisotopic (exact) mass is 310 g/mol. The second kappa shape index (κ2) is 7.93. The molecule has 1 aromatic heterocycles. The fourth-order valence-corrected chi connectivity index (χ4v) is 1.92. The van der Waals surface area contributed by atoms with Crippen LogP contribution >= 0.6 is 11.6 Å². The van der Waals surface area contributed by atoms with Gasteiger partial charge < -0.3 is 14.8 Å². The van der Waals surface area contributed by atoms with Gasteiger partial charge in [0.2, 0.25) is 5.88 Å². The summed E-state index contributed by atoms with van der Waals surface area (Å²) in [5.41, 5.74) is 0.883. The first-order valence-electron chi connectivity index (χ1n) is 6.47. The van der Waals surface area contributed by atoms with E-state index >= 15 is 0 Å². The SMILES string of the molecule is COCCNCc1cccnc1Oc1ccc(F)cc1Cl. The van der Waals surface area contributed by atoms with E-state index < -0.39 is 5.82 Å². The number of aromatic nitrogens is 1. The van der Waals surface area contributed by atoms with Gasteiger partial charge in [0.05, 0.1) is 11.6 Å². The first kappa shape index (κ1) is 15.7. The Morgan fingerprint density at radius 3 is 2.95 bits per heavy atom. The summed E-state index contributed by atoms with van der Waals surface area (Å²) in [6, 6.07) is 7.71. The minimum Gasteiger partial charge on any atom is -0.437 e. The molecule has 1 N–H and O–H groups in total. The lowest BCUT2D eigenvalue weighted by molar-refractivity contribution is 0.199. The first-order chi connectivity index (χ1) is 10.2. The third-order valence-electron chi connectivity index (χ3n) is 2.75. The van der Waals surface area contributed by atoms with Crippen LogP contribution in [0.15, 0.2) is 36.5 Å². The van der Waals surface area contributed by atoms with Crippen molar-refractivity contribution in [2.75, 3.05) is 20.3 Å². The molecule has 0 unspecified atom stereocenters. The van der Waals surface area contributed by atoms with Crippen LogP contribution in [-0.2, 0) is 11.3 Å². The van der Waals surface area contributed by atoms with Crippen LogP contribution < -0.4 is 10.1 Å². The van der Waals surface area contributed by atoms with Crippen molar-refractivity contribution in [2.24, 2.45) is 0 Å². The predicted octanol–water partition coefficient (Wildman–Crippen LogP) is 3.40. The molecule has 0 spiro atoms. The van der Waals surface area contributed by atoms with Gasteiger partial charge in [0.15, 0.2) is 0 Å². The van der Waals surface area contributed by atoms with E-state index in [9.17, 15) is 4.39 Å². The highest BCUT2D eigenvalue weighted by Crippen LogP contribution is 2.30. The maximum atomic E-state index is 13.0. The first-order valence-corrected chi connectivity index (χ1v) is 6.85. The molecule has 0 aliphatic rings. The van der Waals surface area contributed by atoms with Gasteiger partial charge in [-0.3, -0.25) is 0 Å². The van der Waals surface area contributed by atoms with E-state index in [4.69, 9.17) is 21.1 Å². The predicted molar refractivity (Wildman–Crippen MR) is 79.3 cm³/mol. The number of ether oxygens (including phenoxy) is 2. The number of nitrogens with one attached hydrogen (secondary N) is 1. The Hall–Kier alpha value is -1.69. The van der Waals surface area contributed by atoms with Gasteiger partial charge in [-0.15, -0.1) is 0 Å². The zero-order valence-electron chi connectivity index (χ0n) is 11.6. The normalized spacial score (nSPS) is 10.6. The van der Waals surface area contributed by atoms with Crippen LogP contribution in [0.25, 0.3) is 0 Å². The number of nitrogens with zero attached hydrogens (tertiary/aromatic N) is 1. The second-order valence-corrected chi connectivity index (χ2v) is 4.72. The number of hydrogen-bond acceptors (Lipinski definition) is 4. The maximum Gasteiger partial charge on any atom is 0.223 e. The third kappa shape index (κ3) is 4.67. The van der Waals surface area contributed by atoms with Crippen LogP contribution in [0.4, 0.5) is 4.39 Å². The van der Waals surface area contributed by atoms with E-state index in [1.165, 1.54) is 18.2 Å². The minimum absolute atomic E-state index is 0.207. The van der Waals surface area contributed by atoms with Crippen LogP contribution in [0.2, 0.25) is 5.02 Å². The van der Waals surface area contributed by atoms with E-state index in [1.54, 1.807) is 13.3 Å². The lowest BCUT2D eigenvalue weighted by Gasteiger charge is -2.11. The lowest BCUT2D eigenvalue weighted by Crippen LogP contribution is -2.19. The molecule has 0 aliphatic carbocycles. The molecule has 0 saturated carbocycles. The molecule has 0 fully saturated rings. The summed E-state index contributed by atoms with van der Waals surface area (Å²) >= 11 is 5.95. The number of benzene rings is 1. The van der Waals surface area contributed by atoms with Crippen molar-refractivity contribution >= 4 is 11.6 Å². The fourth-order valence-electron chi connectivity index (χ4n) is 1.71. The maximum absolute atomic E-state index is 13.0. The van der Waals surface area contributed by atoms with Gasteiger partial charge in [-0.1, -0.05) is 17.7 Å². The number of hydrogen-bond donors (Lipinski definition) is 1. The Balaban J connectivity index is 2.08. The smallest absolute Gasteiger partial charge is 0.223 e. The molecule has 112 valence electrons. The van der Waals surface area contributed by atoms with Gasteiger partial charge in [0.25, 0.3) is 0 Å². The molecule has 1 heterocycles. The summed E-state index contributed by atoms with van der Waals surface area (Å²) in [6.45, 7) is 1.94. The Kier molecular flexibility index (Phi) is 5.92. The van der Waals surface area contributed by atoms with Gasteiger partial charge >= 0.3 is 0 Å². The van der Waals surface area contributed by atoms with Gasteiger partial charge in [0.1, 0.15) is 11.6 Å². The summed E-state index contributed by atoms with van der Waals surface area (Å²) in [6.07, 6.45) is 1.63. The molecule has 6 heteroatoms. The summed E-state index contributed by atoms with van der Waals surface area (Å²) in [4.78, 5) is 4.19. The summed E-state index contributed by atoms with van der Waals surface area (Å²) in [5, 5.41) is 3.42. The second-order valence-electron chi connectivity index (χ2n) is 4.31. The standard InChI is InChI=1S/C15H16ClFN2O2/c1-20-8-7-18-10-11-3-2-6-19-15(11)21-14-5-4-12(17)9-13(14)16/h2-6,9,18H,7-8,10H2,1H3. The van der Waals surface area contributed by atoms with Gasteiger partial charge in [-0.05, 0) is 24.3 Å². The molecule has 0 atom stereocenters. The van der Waals surface area contributed by atoms with Crippen LogP contribution in [-0.4, -0.2) is 25.2 Å². The summed E-state index contributed by atoms with van der Waals surface area (Å²) in [5.74, 6) is 0.403. The van der Waals surface area contributed by atoms with Crippen molar-refractivity contribution in [3.63, 3.8) is 0 Å². The zero-order valence-corrected chi connectivity index (χ0v) is 12.4. The Bertz CT molecular complexity index is 596. The van der Waals surface area contributed by atoms with Gasteiger partial charge in [-0.2, -0.15) is 0 Å². The number of halogens is 2. The molecule has 0 radical (unpaired) electrons. The van der Waals surface area contributed by atoms with Crippen molar-refractivity contribution in [3.05, 3.63) is 52.9 Å². The molecule has 1 aromatic carbocycles. The molecule has 0 bridgehead atoms. The molecule has 21 heavy (non-hydrogen) atoms. The minimum atomic E-state index is -0.408. The van der Waals surface area contributed by atoms with Crippen molar-refractivity contribution in [3.8, 4) is 11.6 Å². The Morgan fingerprint density at radius 2 is 2.19 bits per heavy atom. The molecular formula is C15H16ClFN2O2. The van der Waals surface area contributed by atoms with Crippen LogP contribution in [0.1, 0.15) is 5.56 Å². The van der Waals surface area contributed by atoms with E-state index in [-0.39, 0.29) is 5.02 Å². The fraction of sp³-hybridized carbons (Fsp3) is 0.267. The quantitative estimate of drug-likeness (QED) is 0.796. The Morgan fingerprint density at radius 1 is 1.33 bits per heavy atom. The average Bonchev–Trinajstić information content (AvgIpc) is 2.48. The van der Waals surface area contributed by atoms with Crippen LogP contribution in [0, 0.1) is 5.82 Å². The highest BCUT2D eigenvalue weighted by atomic mass is 35.5. The highest BCUT2D eigenvalue weighted by molar-refractivity contribution is 6.32. The molecule has 0 aliphatic heterocycles. The topological polar surface area (TPSA) is 43.4 Å².